The second kappa shape index (κ2) is 9.05. The van der Waals surface area contributed by atoms with Gasteiger partial charge in [-0.1, -0.05) is 18.0 Å². The first-order valence-electron chi connectivity index (χ1n) is 6.51. The predicted octanol–water partition coefficient (Wildman–Crippen LogP) is 3.40. The maximum absolute atomic E-state index is 8.12. The largest absolute Gasteiger partial charge is 0.492 e. The first-order valence-corrected chi connectivity index (χ1v) is 6.51. The SMILES string of the molecule is CN(C)c1ccc(OCCCCCCN=[N+]=[N-])cn1. The third-order valence-electron chi connectivity index (χ3n) is 2.66. The number of azide groups is 1. The molecule has 1 heterocycles. The van der Waals surface area contributed by atoms with E-state index in [0.29, 0.717) is 13.2 Å². The Morgan fingerprint density at radius 1 is 1.26 bits per heavy atom. The van der Waals surface area contributed by atoms with Crippen LogP contribution in [0.4, 0.5) is 5.82 Å². The molecule has 0 aromatic carbocycles. The van der Waals surface area contributed by atoms with E-state index >= 15 is 0 Å². The molecule has 0 aliphatic carbocycles. The molecule has 1 aromatic heterocycles. The fourth-order valence-electron chi connectivity index (χ4n) is 1.60. The van der Waals surface area contributed by atoms with Crippen LogP contribution in [0.5, 0.6) is 5.75 Å². The molecule has 1 rings (SSSR count). The summed E-state index contributed by atoms with van der Waals surface area (Å²) in [6.45, 7) is 1.29. The van der Waals surface area contributed by atoms with Crippen LogP contribution in [0.25, 0.3) is 10.4 Å². The fourth-order valence-corrected chi connectivity index (χ4v) is 1.60. The first-order chi connectivity index (χ1) is 9.24. The summed E-state index contributed by atoms with van der Waals surface area (Å²) >= 11 is 0. The van der Waals surface area contributed by atoms with E-state index in [-0.39, 0.29) is 0 Å². The van der Waals surface area contributed by atoms with Crippen LogP contribution in [-0.2, 0) is 0 Å². The van der Waals surface area contributed by atoms with E-state index in [1.807, 2.05) is 31.1 Å². The molecule has 6 nitrogen and oxygen atoms in total. The Morgan fingerprint density at radius 2 is 2.05 bits per heavy atom. The summed E-state index contributed by atoms with van der Waals surface area (Å²) in [5.74, 6) is 1.73. The number of hydrogen-bond acceptors (Lipinski definition) is 4. The third-order valence-corrected chi connectivity index (χ3v) is 2.66. The topological polar surface area (TPSA) is 74.1 Å². The van der Waals surface area contributed by atoms with E-state index in [1.165, 1.54) is 0 Å². The molecule has 0 atom stereocenters. The van der Waals surface area contributed by atoms with Gasteiger partial charge in [0.25, 0.3) is 0 Å². The lowest BCUT2D eigenvalue weighted by Crippen LogP contribution is -2.10. The van der Waals surface area contributed by atoms with E-state index in [0.717, 1.165) is 37.3 Å². The smallest absolute Gasteiger partial charge is 0.137 e. The molecule has 0 amide bonds. The van der Waals surface area contributed by atoms with Crippen LogP contribution >= 0.6 is 0 Å². The van der Waals surface area contributed by atoms with Crippen LogP contribution < -0.4 is 9.64 Å². The maximum Gasteiger partial charge on any atom is 0.137 e. The molecular weight excluding hydrogens is 242 g/mol. The average molecular weight is 263 g/mol. The number of pyridine rings is 1. The lowest BCUT2D eigenvalue weighted by Gasteiger charge is -2.11. The van der Waals surface area contributed by atoms with Gasteiger partial charge in [0.15, 0.2) is 0 Å². The zero-order chi connectivity index (χ0) is 13.9. The summed E-state index contributed by atoms with van der Waals surface area (Å²) in [5.41, 5.74) is 8.12. The number of anilines is 1. The van der Waals surface area contributed by atoms with Gasteiger partial charge in [-0.15, -0.1) is 0 Å². The monoisotopic (exact) mass is 263 g/mol. The van der Waals surface area contributed by atoms with Crippen LogP contribution in [-0.4, -0.2) is 32.2 Å². The Balaban J connectivity index is 2.10. The molecule has 0 radical (unpaired) electrons. The number of aromatic nitrogens is 1. The highest BCUT2D eigenvalue weighted by Crippen LogP contribution is 2.14. The molecule has 19 heavy (non-hydrogen) atoms. The molecule has 0 saturated carbocycles. The number of hydrogen-bond donors (Lipinski definition) is 0. The van der Waals surface area contributed by atoms with Crippen LogP contribution in [0.1, 0.15) is 25.7 Å². The van der Waals surface area contributed by atoms with Gasteiger partial charge >= 0.3 is 0 Å². The molecule has 104 valence electrons. The van der Waals surface area contributed by atoms with Crippen molar-refractivity contribution in [2.45, 2.75) is 25.7 Å². The van der Waals surface area contributed by atoms with Gasteiger partial charge in [-0.3, -0.25) is 0 Å². The molecule has 0 bridgehead atoms. The number of nitrogens with zero attached hydrogens (tertiary/aromatic N) is 5. The molecular formula is C13H21N5O. The van der Waals surface area contributed by atoms with Gasteiger partial charge in [-0.25, -0.2) is 4.98 Å². The first kappa shape index (κ1) is 15.1. The highest BCUT2D eigenvalue weighted by Gasteiger charge is 1.98. The van der Waals surface area contributed by atoms with Crippen LogP contribution in [0.3, 0.4) is 0 Å². The van der Waals surface area contributed by atoms with Crippen molar-refractivity contribution in [3.63, 3.8) is 0 Å². The second-order valence-corrected chi connectivity index (χ2v) is 4.46. The van der Waals surface area contributed by atoms with E-state index in [4.69, 9.17) is 10.3 Å². The Bertz CT molecular complexity index is 398. The number of unbranched alkanes of at least 4 members (excludes halogenated alkanes) is 3. The minimum absolute atomic E-state index is 0.591. The van der Waals surface area contributed by atoms with E-state index < -0.39 is 0 Å². The van der Waals surface area contributed by atoms with E-state index in [1.54, 1.807) is 6.20 Å². The van der Waals surface area contributed by atoms with Crippen molar-refractivity contribution in [2.24, 2.45) is 5.11 Å². The fraction of sp³-hybridized carbons (Fsp3) is 0.615. The minimum atomic E-state index is 0.591. The molecule has 6 heteroatoms. The summed E-state index contributed by atoms with van der Waals surface area (Å²) in [6.07, 6.45) is 5.86. The van der Waals surface area contributed by atoms with Crippen molar-refractivity contribution in [2.75, 3.05) is 32.1 Å². The van der Waals surface area contributed by atoms with Crippen molar-refractivity contribution in [3.05, 3.63) is 28.8 Å². The van der Waals surface area contributed by atoms with Crippen molar-refractivity contribution >= 4 is 5.82 Å². The van der Waals surface area contributed by atoms with Gasteiger partial charge in [0, 0.05) is 25.6 Å². The van der Waals surface area contributed by atoms with Gasteiger partial charge < -0.3 is 9.64 Å². The van der Waals surface area contributed by atoms with Crippen LogP contribution in [0.2, 0.25) is 0 Å². The molecule has 0 unspecified atom stereocenters. The minimum Gasteiger partial charge on any atom is -0.492 e. The Kier molecular flexibility index (Phi) is 7.20. The quantitative estimate of drug-likeness (QED) is 0.296. The van der Waals surface area contributed by atoms with E-state index in [9.17, 15) is 0 Å². The highest BCUT2D eigenvalue weighted by molar-refractivity contribution is 5.38. The summed E-state index contributed by atoms with van der Waals surface area (Å²) in [5, 5.41) is 3.50. The molecule has 0 fully saturated rings. The van der Waals surface area contributed by atoms with Gasteiger partial charge in [0.1, 0.15) is 11.6 Å². The zero-order valence-electron chi connectivity index (χ0n) is 11.6. The standard InChI is InChI=1S/C13H21N5O/c1-18(2)13-8-7-12(11-15-13)19-10-6-4-3-5-9-16-17-14/h7-8,11H,3-6,9-10H2,1-2H3. The molecule has 1 aromatic rings. The zero-order valence-corrected chi connectivity index (χ0v) is 11.6. The third kappa shape index (κ3) is 6.52. The summed E-state index contributed by atoms with van der Waals surface area (Å²) in [6, 6.07) is 3.87. The summed E-state index contributed by atoms with van der Waals surface area (Å²) in [4.78, 5) is 8.95. The summed E-state index contributed by atoms with van der Waals surface area (Å²) in [7, 11) is 3.92. The lowest BCUT2D eigenvalue weighted by atomic mass is 10.2. The van der Waals surface area contributed by atoms with Crippen molar-refractivity contribution in [1.29, 1.82) is 0 Å². The second-order valence-electron chi connectivity index (χ2n) is 4.46. The van der Waals surface area contributed by atoms with E-state index in [2.05, 4.69) is 15.0 Å². The van der Waals surface area contributed by atoms with Crippen molar-refractivity contribution in [3.8, 4) is 5.75 Å². The molecule has 0 N–H and O–H groups in total. The lowest BCUT2D eigenvalue weighted by molar-refractivity contribution is 0.304. The molecule has 0 saturated heterocycles. The number of ether oxygens (including phenoxy) is 1. The van der Waals surface area contributed by atoms with Gasteiger partial charge in [0.05, 0.1) is 12.8 Å². The molecule has 0 spiro atoms. The predicted molar refractivity (Wildman–Crippen MR) is 76.5 cm³/mol. The van der Waals surface area contributed by atoms with Gasteiger partial charge in [-0.2, -0.15) is 0 Å². The molecule has 0 aliphatic rings. The Morgan fingerprint density at radius 3 is 2.68 bits per heavy atom. The normalized spacial score (nSPS) is 9.79. The number of rotatable bonds is 9. The van der Waals surface area contributed by atoms with Crippen molar-refractivity contribution in [1.82, 2.24) is 4.98 Å². The van der Waals surface area contributed by atoms with Crippen LogP contribution in [0, 0.1) is 0 Å². The van der Waals surface area contributed by atoms with Gasteiger partial charge in [0.2, 0.25) is 0 Å². The average Bonchev–Trinajstić information content (AvgIpc) is 2.42. The van der Waals surface area contributed by atoms with Crippen molar-refractivity contribution < 1.29 is 4.74 Å². The van der Waals surface area contributed by atoms with Gasteiger partial charge in [-0.05, 0) is 30.5 Å². The molecule has 0 aliphatic heterocycles. The summed E-state index contributed by atoms with van der Waals surface area (Å²) < 4.78 is 5.61. The maximum atomic E-state index is 8.12. The highest BCUT2D eigenvalue weighted by atomic mass is 16.5. The Labute approximate surface area is 114 Å². The van der Waals surface area contributed by atoms with Crippen LogP contribution in [0.15, 0.2) is 23.4 Å². The Hall–Kier alpha value is -1.94.